The zero-order valence-electron chi connectivity index (χ0n) is 8.70. The third-order valence-electron chi connectivity index (χ3n) is 1.92. The standard InChI is InChI=1S/C8H20B2O3/c1-3-5-7-9(11)13-10(12)8-6-4-2/h11-12H,3-8H2,1-2H3. The molecule has 0 atom stereocenters. The third-order valence-corrected chi connectivity index (χ3v) is 1.92. The smallest absolute Gasteiger partial charge is 0.440 e. The fourth-order valence-electron chi connectivity index (χ4n) is 1.07. The first-order valence-corrected chi connectivity index (χ1v) is 5.22. The summed E-state index contributed by atoms with van der Waals surface area (Å²) in [6.07, 6.45) is 5.15. The first-order valence-electron chi connectivity index (χ1n) is 5.22. The molecule has 76 valence electrons. The van der Waals surface area contributed by atoms with E-state index in [0.29, 0.717) is 12.6 Å². The van der Waals surface area contributed by atoms with Crippen LogP contribution in [-0.2, 0) is 4.57 Å². The quantitative estimate of drug-likeness (QED) is 0.565. The Bertz CT molecular complexity index is 102. The van der Waals surface area contributed by atoms with E-state index in [0.717, 1.165) is 25.7 Å². The predicted molar refractivity (Wildman–Crippen MR) is 56.5 cm³/mol. The van der Waals surface area contributed by atoms with Gasteiger partial charge in [-0.2, -0.15) is 0 Å². The molecule has 0 amide bonds. The van der Waals surface area contributed by atoms with Crippen molar-refractivity contribution in [2.75, 3.05) is 0 Å². The summed E-state index contributed by atoms with van der Waals surface area (Å²) in [5, 5.41) is 18.5. The molecule has 0 spiro atoms. The van der Waals surface area contributed by atoms with Gasteiger partial charge in [0.05, 0.1) is 0 Å². The summed E-state index contributed by atoms with van der Waals surface area (Å²) in [5.41, 5.74) is 0. The third kappa shape index (κ3) is 8.34. The molecular weight excluding hydrogens is 166 g/mol. The highest BCUT2D eigenvalue weighted by atomic mass is 16.5. The fourth-order valence-corrected chi connectivity index (χ4v) is 1.07. The average Bonchev–Trinajstić information content (AvgIpc) is 2.11. The number of unbranched alkanes of at least 4 members (excludes halogenated alkanes) is 2. The van der Waals surface area contributed by atoms with Gasteiger partial charge < -0.3 is 14.6 Å². The van der Waals surface area contributed by atoms with Crippen molar-refractivity contribution in [1.82, 2.24) is 0 Å². The summed E-state index contributed by atoms with van der Waals surface area (Å²) in [5.74, 6) is 0. The molecule has 0 aliphatic heterocycles. The molecule has 0 radical (unpaired) electrons. The molecule has 3 nitrogen and oxygen atoms in total. The maximum absolute atomic E-state index is 9.27. The molecule has 0 bridgehead atoms. The number of hydrogen-bond donors (Lipinski definition) is 2. The van der Waals surface area contributed by atoms with Gasteiger partial charge in [-0.25, -0.2) is 0 Å². The first kappa shape index (κ1) is 13.0. The van der Waals surface area contributed by atoms with Gasteiger partial charge in [-0.05, 0) is 12.6 Å². The Morgan fingerprint density at radius 1 is 0.923 bits per heavy atom. The van der Waals surface area contributed by atoms with Crippen LogP contribution < -0.4 is 0 Å². The molecular formula is C8H20B2O3. The lowest BCUT2D eigenvalue weighted by Gasteiger charge is -2.10. The SMILES string of the molecule is CCCCB(O)OB(O)CCCC. The molecule has 0 saturated heterocycles. The molecule has 0 aromatic heterocycles. The molecule has 0 aliphatic rings. The van der Waals surface area contributed by atoms with Crippen LogP contribution >= 0.6 is 0 Å². The maximum Gasteiger partial charge on any atom is 0.440 e. The molecule has 13 heavy (non-hydrogen) atoms. The lowest BCUT2D eigenvalue weighted by Crippen LogP contribution is -2.29. The zero-order chi connectivity index (χ0) is 10.1. The Kier molecular flexibility index (Phi) is 8.61. The van der Waals surface area contributed by atoms with Crippen LogP contribution in [0.1, 0.15) is 39.5 Å². The van der Waals surface area contributed by atoms with Crippen molar-refractivity contribution < 1.29 is 14.6 Å². The number of hydrogen-bond acceptors (Lipinski definition) is 3. The largest absolute Gasteiger partial charge is 0.451 e. The van der Waals surface area contributed by atoms with Gasteiger partial charge >= 0.3 is 14.2 Å². The van der Waals surface area contributed by atoms with Crippen LogP contribution in [0, 0.1) is 0 Å². The van der Waals surface area contributed by atoms with Crippen molar-refractivity contribution in [1.29, 1.82) is 0 Å². The summed E-state index contributed by atoms with van der Waals surface area (Å²) in [6.45, 7) is 4.11. The van der Waals surface area contributed by atoms with Gasteiger partial charge in [0.25, 0.3) is 0 Å². The van der Waals surface area contributed by atoms with Gasteiger partial charge in [-0.1, -0.05) is 39.5 Å². The lowest BCUT2D eigenvalue weighted by atomic mass is 9.74. The van der Waals surface area contributed by atoms with E-state index in [1.54, 1.807) is 0 Å². The highest BCUT2D eigenvalue weighted by Crippen LogP contribution is 2.05. The molecule has 5 heteroatoms. The zero-order valence-corrected chi connectivity index (χ0v) is 8.70. The second-order valence-electron chi connectivity index (χ2n) is 3.33. The van der Waals surface area contributed by atoms with Crippen molar-refractivity contribution >= 4 is 14.2 Å². The first-order chi connectivity index (χ1) is 6.20. The van der Waals surface area contributed by atoms with Crippen LogP contribution in [0.5, 0.6) is 0 Å². The normalized spacial score (nSPS) is 10.2. The van der Waals surface area contributed by atoms with E-state index in [1.165, 1.54) is 0 Å². The van der Waals surface area contributed by atoms with Gasteiger partial charge in [-0.15, -0.1) is 0 Å². The fraction of sp³-hybridized carbons (Fsp3) is 1.00. The average molecular weight is 186 g/mol. The van der Waals surface area contributed by atoms with Crippen molar-refractivity contribution in [3.63, 3.8) is 0 Å². The molecule has 0 fully saturated rings. The highest BCUT2D eigenvalue weighted by Gasteiger charge is 2.20. The molecule has 0 heterocycles. The van der Waals surface area contributed by atoms with E-state index >= 15 is 0 Å². The Labute approximate surface area is 81.8 Å². The Morgan fingerprint density at radius 2 is 1.31 bits per heavy atom. The lowest BCUT2D eigenvalue weighted by molar-refractivity contribution is 0.350. The second kappa shape index (κ2) is 8.60. The van der Waals surface area contributed by atoms with Crippen LogP contribution in [0.3, 0.4) is 0 Å². The Hall–Kier alpha value is 0.00987. The molecule has 0 rings (SSSR count). The van der Waals surface area contributed by atoms with E-state index in [9.17, 15) is 10.0 Å². The van der Waals surface area contributed by atoms with E-state index in [1.807, 2.05) is 0 Å². The van der Waals surface area contributed by atoms with Crippen molar-refractivity contribution in [3.05, 3.63) is 0 Å². The topological polar surface area (TPSA) is 49.7 Å². The summed E-state index contributed by atoms with van der Waals surface area (Å²) < 4.78 is 4.97. The molecule has 0 aromatic carbocycles. The highest BCUT2D eigenvalue weighted by molar-refractivity contribution is 6.57. The minimum atomic E-state index is -0.799. The van der Waals surface area contributed by atoms with Crippen LogP contribution in [0.4, 0.5) is 0 Å². The van der Waals surface area contributed by atoms with E-state index in [-0.39, 0.29) is 0 Å². The molecule has 2 N–H and O–H groups in total. The van der Waals surface area contributed by atoms with Crippen LogP contribution in [0.2, 0.25) is 12.6 Å². The van der Waals surface area contributed by atoms with Crippen LogP contribution in [-0.4, -0.2) is 24.3 Å². The van der Waals surface area contributed by atoms with Gasteiger partial charge in [0.1, 0.15) is 0 Å². The molecule has 0 unspecified atom stereocenters. The van der Waals surface area contributed by atoms with Gasteiger partial charge in [0.15, 0.2) is 0 Å². The minimum Gasteiger partial charge on any atom is -0.451 e. The van der Waals surface area contributed by atoms with Crippen molar-refractivity contribution in [2.24, 2.45) is 0 Å². The summed E-state index contributed by atoms with van der Waals surface area (Å²) >= 11 is 0. The van der Waals surface area contributed by atoms with Crippen LogP contribution in [0.25, 0.3) is 0 Å². The van der Waals surface area contributed by atoms with Crippen LogP contribution in [0.15, 0.2) is 0 Å². The molecule has 0 aromatic rings. The van der Waals surface area contributed by atoms with Crippen molar-refractivity contribution in [2.45, 2.75) is 52.2 Å². The van der Waals surface area contributed by atoms with Gasteiger partial charge in [-0.3, -0.25) is 0 Å². The maximum atomic E-state index is 9.27. The summed E-state index contributed by atoms with van der Waals surface area (Å²) in [4.78, 5) is 0. The summed E-state index contributed by atoms with van der Waals surface area (Å²) in [7, 11) is -1.60. The number of rotatable bonds is 8. The molecule has 0 saturated carbocycles. The monoisotopic (exact) mass is 186 g/mol. The Morgan fingerprint density at radius 3 is 1.62 bits per heavy atom. The predicted octanol–water partition coefficient (Wildman–Crippen LogP) is 1.56. The minimum absolute atomic E-state index is 0.611. The van der Waals surface area contributed by atoms with E-state index in [2.05, 4.69) is 13.8 Å². The van der Waals surface area contributed by atoms with Crippen molar-refractivity contribution in [3.8, 4) is 0 Å². The summed E-state index contributed by atoms with van der Waals surface area (Å²) in [6, 6.07) is 0. The van der Waals surface area contributed by atoms with Gasteiger partial charge in [0.2, 0.25) is 0 Å². The second-order valence-corrected chi connectivity index (χ2v) is 3.33. The molecule has 0 aliphatic carbocycles. The van der Waals surface area contributed by atoms with E-state index in [4.69, 9.17) is 4.57 Å². The Balaban J connectivity index is 3.35. The van der Waals surface area contributed by atoms with Gasteiger partial charge in [0, 0.05) is 0 Å². The van der Waals surface area contributed by atoms with E-state index < -0.39 is 14.2 Å².